The Hall–Kier alpha value is -2.17. The van der Waals surface area contributed by atoms with Gasteiger partial charge in [-0.2, -0.15) is 0 Å². The van der Waals surface area contributed by atoms with Crippen molar-refractivity contribution >= 4 is 10.8 Å². The zero-order chi connectivity index (χ0) is 14.1. The molecular formula is C17H16N2O2. The van der Waals surface area contributed by atoms with Crippen LogP contribution in [0.5, 0.6) is 0 Å². The Morgan fingerprint density at radius 1 is 1.05 bits per heavy atom. The fourth-order valence-electron chi connectivity index (χ4n) is 2.96. The molecule has 2 aromatic carbocycles. The number of benzene rings is 2. The van der Waals surface area contributed by atoms with E-state index in [0.29, 0.717) is 19.8 Å². The topological polar surface area (TPSA) is 36.3 Å². The average molecular weight is 280 g/mol. The maximum atomic E-state index is 6.04. The van der Waals surface area contributed by atoms with E-state index in [1.165, 1.54) is 10.8 Å². The molecule has 1 fully saturated rings. The molecule has 0 atom stereocenters. The standard InChI is InChI=1S/C17H16N2O2/c1-2-6-15-14(4-1)5-3-7-16(15)17(20-10-11-21-17)12-19-9-8-18-13-19/h1-9,13H,10-12H2. The van der Waals surface area contributed by atoms with Gasteiger partial charge >= 0.3 is 0 Å². The van der Waals surface area contributed by atoms with Crippen molar-refractivity contribution in [3.63, 3.8) is 0 Å². The van der Waals surface area contributed by atoms with E-state index < -0.39 is 5.79 Å². The maximum Gasteiger partial charge on any atom is 0.214 e. The Morgan fingerprint density at radius 2 is 1.86 bits per heavy atom. The predicted octanol–water partition coefficient (Wildman–Crippen LogP) is 2.94. The molecule has 0 saturated carbocycles. The molecule has 1 aromatic heterocycles. The molecule has 0 unspecified atom stereocenters. The van der Waals surface area contributed by atoms with Crippen LogP contribution in [-0.4, -0.2) is 22.8 Å². The van der Waals surface area contributed by atoms with Gasteiger partial charge in [0.15, 0.2) is 0 Å². The van der Waals surface area contributed by atoms with E-state index in [9.17, 15) is 0 Å². The second kappa shape index (κ2) is 4.98. The van der Waals surface area contributed by atoms with E-state index in [0.717, 1.165) is 5.56 Å². The number of ether oxygens (including phenoxy) is 2. The number of imidazole rings is 1. The zero-order valence-electron chi connectivity index (χ0n) is 11.6. The van der Waals surface area contributed by atoms with Crippen LogP contribution in [0.2, 0.25) is 0 Å². The monoisotopic (exact) mass is 280 g/mol. The van der Waals surface area contributed by atoms with E-state index in [-0.39, 0.29) is 0 Å². The minimum Gasteiger partial charge on any atom is -0.342 e. The number of nitrogens with zero attached hydrogens (tertiary/aromatic N) is 2. The molecule has 1 saturated heterocycles. The lowest BCUT2D eigenvalue weighted by Gasteiger charge is -2.29. The number of hydrogen-bond acceptors (Lipinski definition) is 3. The molecule has 21 heavy (non-hydrogen) atoms. The van der Waals surface area contributed by atoms with Crippen molar-refractivity contribution < 1.29 is 9.47 Å². The molecule has 4 heteroatoms. The van der Waals surface area contributed by atoms with Crippen molar-refractivity contribution in [2.75, 3.05) is 13.2 Å². The number of aromatic nitrogens is 2. The van der Waals surface area contributed by atoms with Gasteiger partial charge in [0.2, 0.25) is 5.79 Å². The third-order valence-electron chi connectivity index (χ3n) is 3.90. The van der Waals surface area contributed by atoms with Crippen LogP contribution >= 0.6 is 0 Å². The Balaban J connectivity index is 1.86. The summed E-state index contributed by atoms with van der Waals surface area (Å²) in [7, 11) is 0. The van der Waals surface area contributed by atoms with Crippen molar-refractivity contribution in [3.05, 3.63) is 66.7 Å². The molecule has 0 radical (unpaired) electrons. The summed E-state index contributed by atoms with van der Waals surface area (Å²) in [4.78, 5) is 4.10. The van der Waals surface area contributed by atoms with Crippen LogP contribution in [0, 0.1) is 0 Å². The first-order valence-corrected chi connectivity index (χ1v) is 7.09. The Kier molecular flexibility index (Phi) is 2.98. The summed E-state index contributed by atoms with van der Waals surface area (Å²) in [5.74, 6) is -0.735. The van der Waals surface area contributed by atoms with Crippen LogP contribution in [0.4, 0.5) is 0 Å². The first-order chi connectivity index (χ1) is 10.4. The van der Waals surface area contributed by atoms with Crippen LogP contribution in [0.3, 0.4) is 0 Å². The van der Waals surface area contributed by atoms with Gasteiger partial charge in [0, 0.05) is 18.0 Å². The minimum atomic E-state index is -0.735. The third-order valence-corrected chi connectivity index (χ3v) is 3.90. The molecule has 4 rings (SSSR count). The Morgan fingerprint density at radius 3 is 2.67 bits per heavy atom. The summed E-state index contributed by atoms with van der Waals surface area (Å²) in [6, 6.07) is 14.6. The summed E-state index contributed by atoms with van der Waals surface area (Å²) < 4.78 is 14.1. The van der Waals surface area contributed by atoms with Gasteiger partial charge < -0.3 is 14.0 Å². The van der Waals surface area contributed by atoms with Crippen molar-refractivity contribution in [1.29, 1.82) is 0 Å². The maximum absolute atomic E-state index is 6.04. The van der Waals surface area contributed by atoms with Gasteiger partial charge in [-0.25, -0.2) is 4.98 Å². The van der Waals surface area contributed by atoms with Crippen molar-refractivity contribution in [2.24, 2.45) is 0 Å². The van der Waals surface area contributed by atoms with Crippen molar-refractivity contribution in [3.8, 4) is 0 Å². The summed E-state index contributed by atoms with van der Waals surface area (Å²) in [6.07, 6.45) is 5.49. The van der Waals surface area contributed by atoms with Crippen molar-refractivity contribution in [2.45, 2.75) is 12.3 Å². The predicted molar refractivity (Wildman–Crippen MR) is 79.8 cm³/mol. The van der Waals surface area contributed by atoms with Crippen LogP contribution < -0.4 is 0 Å². The molecule has 2 heterocycles. The smallest absolute Gasteiger partial charge is 0.214 e. The number of fused-ring (bicyclic) bond motifs is 1. The van der Waals surface area contributed by atoms with E-state index in [1.54, 1.807) is 12.5 Å². The highest BCUT2D eigenvalue weighted by atomic mass is 16.7. The molecule has 0 N–H and O–H groups in total. The van der Waals surface area contributed by atoms with E-state index in [4.69, 9.17) is 9.47 Å². The number of rotatable bonds is 3. The zero-order valence-corrected chi connectivity index (χ0v) is 11.6. The summed E-state index contributed by atoms with van der Waals surface area (Å²) in [5, 5.41) is 2.36. The van der Waals surface area contributed by atoms with Crippen LogP contribution in [0.15, 0.2) is 61.2 Å². The lowest BCUT2D eigenvalue weighted by Crippen LogP contribution is -2.32. The fraction of sp³-hybridized carbons (Fsp3) is 0.235. The molecular weight excluding hydrogens is 264 g/mol. The van der Waals surface area contributed by atoms with Gasteiger partial charge in [0.1, 0.15) is 0 Å². The van der Waals surface area contributed by atoms with E-state index >= 15 is 0 Å². The molecule has 0 aliphatic carbocycles. The first kappa shape index (κ1) is 12.6. The van der Waals surface area contributed by atoms with E-state index in [1.807, 2.05) is 22.9 Å². The van der Waals surface area contributed by atoms with Gasteiger partial charge in [-0.3, -0.25) is 0 Å². The summed E-state index contributed by atoms with van der Waals surface area (Å²) in [6.45, 7) is 1.82. The highest BCUT2D eigenvalue weighted by Crippen LogP contribution is 2.37. The molecule has 1 aliphatic heterocycles. The largest absolute Gasteiger partial charge is 0.342 e. The molecule has 0 bridgehead atoms. The molecule has 106 valence electrons. The molecule has 0 spiro atoms. The highest BCUT2D eigenvalue weighted by Gasteiger charge is 2.40. The Labute approximate surface area is 122 Å². The van der Waals surface area contributed by atoms with Crippen LogP contribution in [0.1, 0.15) is 5.56 Å². The second-order valence-corrected chi connectivity index (χ2v) is 5.21. The Bertz CT molecular complexity index is 741. The second-order valence-electron chi connectivity index (χ2n) is 5.21. The first-order valence-electron chi connectivity index (χ1n) is 7.09. The normalized spacial score (nSPS) is 17.3. The summed E-state index contributed by atoms with van der Waals surface area (Å²) in [5.41, 5.74) is 1.08. The highest BCUT2D eigenvalue weighted by molar-refractivity contribution is 5.86. The lowest BCUT2D eigenvalue weighted by molar-refractivity contribution is -0.175. The molecule has 3 aromatic rings. The van der Waals surface area contributed by atoms with Crippen molar-refractivity contribution in [1.82, 2.24) is 9.55 Å². The fourth-order valence-corrected chi connectivity index (χ4v) is 2.96. The SMILES string of the molecule is c1ccc2c(C3(Cn4ccnc4)OCCO3)cccc2c1. The van der Waals surface area contributed by atoms with E-state index in [2.05, 4.69) is 35.3 Å². The lowest BCUT2D eigenvalue weighted by atomic mass is 9.97. The van der Waals surface area contributed by atoms with Crippen LogP contribution in [0.25, 0.3) is 10.8 Å². The van der Waals surface area contributed by atoms with Gasteiger partial charge in [0.25, 0.3) is 0 Å². The molecule has 4 nitrogen and oxygen atoms in total. The van der Waals surface area contributed by atoms with Gasteiger partial charge in [-0.05, 0) is 10.8 Å². The third kappa shape index (κ3) is 2.13. The van der Waals surface area contributed by atoms with Gasteiger partial charge in [0.05, 0.1) is 26.1 Å². The average Bonchev–Trinajstić information content (AvgIpc) is 3.20. The molecule has 1 aliphatic rings. The quantitative estimate of drug-likeness (QED) is 0.740. The van der Waals surface area contributed by atoms with Gasteiger partial charge in [-0.1, -0.05) is 42.5 Å². The number of hydrogen-bond donors (Lipinski definition) is 0. The van der Waals surface area contributed by atoms with Crippen LogP contribution in [-0.2, 0) is 21.8 Å². The van der Waals surface area contributed by atoms with Gasteiger partial charge in [-0.15, -0.1) is 0 Å². The summed E-state index contributed by atoms with van der Waals surface area (Å²) >= 11 is 0. The molecule has 0 amide bonds. The minimum absolute atomic E-state index is 0.598.